The van der Waals surface area contributed by atoms with Crippen molar-refractivity contribution in [2.75, 3.05) is 6.61 Å². The SMILES string of the molecule is CCOC(=O)C1CCC(C2CCCCCCC2)=N1. The highest BCUT2D eigenvalue weighted by Crippen LogP contribution is 2.28. The molecule has 2 rings (SSSR count). The molecule has 0 N–H and O–H groups in total. The summed E-state index contributed by atoms with van der Waals surface area (Å²) in [5, 5.41) is 0. The van der Waals surface area contributed by atoms with E-state index in [0.29, 0.717) is 12.5 Å². The molecule has 0 amide bonds. The molecular formula is C15H25NO2. The number of carbonyl (C=O) groups is 1. The first-order chi connectivity index (χ1) is 8.81. The van der Waals surface area contributed by atoms with E-state index >= 15 is 0 Å². The molecule has 1 heterocycles. The molecule has 0 radical (unpaired) electrons. The highest BCUT2D eigenvalue weighted by molar-refractivity contribution is 5.92. The van der Waals surface area contributed by atoms with Gasteiger partial charge in [0.15, 0.2) is 0 Å². The minimum atomic E-state index is -0.203. The molecule has 3 nitrogen and oxygen atoms in total. The Hall–Kier alpha value is -0.860. The van der Waals surface area contributed by atoms with Crippen molar-refractivity contribution in [3.8, 4) is 0 Å². The van der Waals surface area contributed by atoms with E-state index in [0.717, 1.165) is 12.8 Å². The lowest BCUT2D eigenvalue weighted by atomic mass is 9.87. The van der Waals surface area contributed by atoms with Crippen molar-refractivity contribution in [2.45, 2.75) is 70.8 Å². The summed E-state index contributed by atoms with van der Waals surface area (Å²) >= 11 is 0. The Kier molecular flexibility index (Phi) is 5.21. The van der Waals surface area contributed by atoms with E-state index in [9.17, 15) is 4.79 Å². The second-order valence-electron chi connectivity index (χ2n) is 5.47. The summed E-state index contributed by atoms with van der Waals surface area (Å²) in [5.74, 6) is 0.517. The van der Waals surface area contributed by atoms with E-state index in [1.807, 2.05) is 6.92 Å². The zero-order valence-corrected chi connectivity index (χ0v) is 11.5. The lowest BCUT2D eigenvalue weighted by Crippen LogP contribution is -2.19. The van der Waals surface area contributed by atoms with Crippen molar-refractivity contribution in [1.29, 1.82) is 0 Å². The van der Waals surface area contributed by atoms with Gasteiger partial charge in [0.1, 0.15) is 6.04 Å². The Morgan fingerprint density at radius 1 is 1.17 bits per heavy atom. The standard InChI is InChI=1S/C15H25NO2/c1-2-18-15(17)14-11-10-13(16-14)12-8-6-4-3-5-7-9-12/h12,14H,2-11H2,1H3. The van der Waals surface area contributed by atoms with Crippen LogP contribution < -0.4 is 0 Å². The van der Waals surface area contributed by atoms with Crippen molar-refractivity contribution >= 4 is 11.7 Å². The zero-order chi connectivity index (χ0) is 12.8. The number of carbonyl (C=O) groups excluding carboxylic acids is 1. The van der Waals surface area contributed by atoms with Crippen molar-refractivity contribution in [3.63, 3.8) is 0 Å². The molecule has 0 spiro atoms. The maximum absolute atomic E-state index is 11.7. The van der Waals surface area contributed by atoms with Gasteiger partial charge in [0.25, 0.3) is 0 Å². The minimum Gasteiger partial charge on any atom is -0.464 e. The van der Waals surface area contributed by atoms with E-state index < -0.39 is 0 Å². The number of hydrogen-bond acceptors (Lipinski definition) is 3. The first-order valence-corrected chi connectivity index (χ1v) is 7.54. The summed E-state index contributed by atoms with van der Waals surface area (Å²) in [6, 6.07) is -0.203. The van der Waals surface area contributed by atoms with Gasteiger partial charge in [-0.2, -0.15) is 0 Å². The van der Waals surface area contributed by atoms with Gasteiger partial charge in [-0.15, -0.1) is 0 Å². The molecule has 0 aromatic heterocycles. The molecule has 1 atom stereocenters. The van der Waals surface area contributed by atoms with Crippen LogP contribution in [0.25, 0.3) is 0 Å². The quantitative estimate of drug-likeness (QED) is 0.720. The normalized spacial score (nSPS) is 26.3. The zero-order valence-electron chi connectivity index (χ0n) is 11.5. The van der Waals surface area contributed by atoms with E-state index in [4.69, 9.17) is 4.74 Å². The Labute approximate surface area is 110 Å². The summed E-state index contributed by atoms with van der Waals surface area (Å²) < 4.78 is 5.06. The summed E-state index contributed by atoms with van der Waals surface area (Å²) in [4.78, 5) is 16.3. The summed E-state index contributed by atoms with van der Waals surface area (Å²) in [6.07, 6.45) is 11.2. The fourth-order valence-corrected chi connectivity index (χ4v) is 3.12. The largest absolute Gasteiger partial charge is 0.464 e. The topological polar surface area (TPSA) is 38.7 Å². The molecular weight excluding hydrogens is 226 g/mol. The van der Waals surface area contributed by atoms with Crippen LogP contribution in [0.5, 0.6) is 0 Å². The fourth-order valence-electron chi connectivity index (χ4n) is 3.12. The second kappa shape index (κ2) is 6.91. The van der Waals surface area contributed by atoms with Gasteiger partial charge in [-0.1, -0.05) is 32.1 Å². The Bertz CT molecular complexity index is 304. The molecule has 102 valence electrons. The smallest absolute Gasteiger partial charge is 0.330 e. The molecule has 0 aromatic rings. The average Bonchev–Trinajstić information content (AvgIpc) is 2.78. The third-order valence-corrected chi connectivity index (χ3v) is 4.13. The number of nitrogens with zero attached hydrogens (tertiary/aromatic N) is 1. The average molecular weight is 251 g/mol. The van der Waals surface area contributed by atoms with E-state index in [1.165, 1.54) is 50.7 Å². The van der Waals surface area contributed by atoms with Crippen LogP contribution in [0, 0.1) is 5.92 Å². The third-order valence-electron chi connectivity index (χ3n) is 4.13. The number of aliphatic imine (C=N–C) groups is 1. The van der Waals surface area contributed by atoms with Crippen LogP contribution >= 0.6 is 0 Å². The van der Waals surface area contributed by atoms with Crippen LogP contribution in [0.1, 0.15) is 64.7 Å². The molecule has 2 aliphatic rings. The molecule has 0 bridgehead atoms. The van der Waals surface area contributed by atoms with Gasteiger partial charge in [-0.05, 0) is 38.5 Å². The predicted molar refractivity (Wildman–Crippen MR) is 72.9 cm³/mol. The lowest BCUT2D eigenvalue weighted by Gasteiger charge is -2.19. The molecule has 1 unspecified atom stereocenters. The van der Waals surface area contributed by atoms with Gasteiger partial charge >= 0.3 is 5.97 Å². The van der Waals surface area contributed by atoms with Crippen molar-refractivity contribution in [3.05, 3.63) is 0 Å². The fraction of sp³-hybridized carbons (Fsp3) is 0.867. The minimum absolute atomic E-state index is 0.127. The van der Waals surface area contributed by atoms with E-state index in [1.54, 1.807) is 0 Å². The number of esters is 1. The highest BCUT2D eigenvalue weighted by atomic mass is 16.5. The molecule has 1 aliphatic carbocycles. The molecule has 0 aromatic carbocycles. The van der Waals surface area contributed by atoms with Gasteiger partial charge in [-0.3, -0.25) is 4.99 Å². The first-order valence-electron chi connectivity index (χ1n) is 7.54. The van der Waals surface area contributed by atoms with Crippen LogP contribution in [0.3, 0.4) is 0 Å². The molecule has 0 saturated heterocycles. The number of rotatable bonds is 3. The molecule has 1 fully saturated rings. The van der Waals surface area contributed by atoms with Gasteiger partial charge in [0.2, 0.25) is 0 Å². The monoisotopic (exact) mass is 251 g/mol. The second-order valence-corrected chi connectivity index (χ2v) is 5.47. The van der Waals surface area contributed by atoms with Gasteiger partial charge < -0.3 is 4.74 Å². The first kappa shape index (κ1) is 13.6. The van der Waals surface area contributed by atoms with Crippen LogP contribution in [0.2, 0.25) is 0 Å². The predicted octanol–water partition coefficient (Wildman–Crippen LogP) is 3.51. The molecule has 1 saturated carbocycles. The third kappa shape index (κ3) is 3.56. The van der Waals surface area contributed by atoms with Crippen LogP contribution in [0.15, 0.2) is 4.99 Å². The maximum atomic E-state index is 11.7. The lowest BCUT2D eigenvalue weighted by molar-refractivity contribution is -0.144. The van der Waals surface area contributed by atoms with Crippen LogP contribution in [-0.4, -0.2) is 24.3 Å². The number of ether oxygens (including phenoxy) is 1. The molecule has 1 aliphatic heterocycles. The Morgan fingerprint density at radius 3 is 2.50 bits per heavy atom. The number of hydrogen-bond donors (Lipinski definition) is 0. The molecule has 18 heavy (non-hydrogen) atoms. The van der Waals surface area contributed by atoms with E-state index in [2.05, 4.69) is 4.99 Å². The van der Waals surface area contributed by atoms with Gasteiger partial charge in [0, 0.05) is 5.71 Å². The van der Waals surface area contributed by atoms with E-state index in [-0.39, 0.29) is 12.0 Å². The van der Waals surface area contributed by atoms with Gasteiger partial charge in [0.05, 0.1) is 6.61 Å². The summed E-state index contributed by atoms with van der Waals surface area (Å²) in [7, 11) is 0. The summed E-state index contributed by atoms with van der Waals surface area (Å²) in [5.41, 5.74) is 1.30. The van der Waals surface area contributed by atoms with Crippen molar-refractivity contribution in [2.24, 2.45) is 10.9 Å². The maximum Gasteiger partial charge on any atom is 0.330 e. The Morgan fingerprint density at radius 2 is 1.83 bits per heavy atom. The van der Waals surface area contributed by atoms with Crippen LogP contribution in [0.4, 0.5) is 0 Å². The van der Waals surface area contributed by atoms with Crippen molar-refractivity contribution in [1.82, 2.24) is 0 Å². The van der Waals surface area contributed by atoms with Gasteiger partial charge in [-0.25, -0.2) is 4.79 Å². The molecule has 3 heteroatoms. The Balaban J connectivity index is 1.91. The summed E-state index contributed by atoms with van der Waals surface area (Å²) in [6.45, 7) is 2.32. The van der Waals surface area contributed by atoms with Crippen molar-refractivity contribution < 1.29 is 9.53 Å². The highest BCUT2D eigenvalue weighted by Gasteiger charge is 2.29. The van der Waals surface area contributed by atoms with Crippen LogP contribution in [-0.2, 0) is 9.53 Å².